The Balaban J connectivity index is 2.03. The third-order valence-corrected chi connectivity index (χ3v) is 3.66. The van der Waals surface area contributed by atoms with Crippen molar-refractivity contribution in [3.63, 3.8) is 0 Å². The number of benzene rings is 2. The minimum Gasteiger partial charge on any atom is -0.493 e. The molecule has 0 saturated carbocycles. The van der Waals surface area contributed by atoms with Crippen LogP contribution in [-0.2, 0) is 4.79 Å². The van der Waals surface area contributed by atoms with Crippen molar-refractivity contribution in [3.8, 4) is 5.75 Å². The lowest BCUT2D eigenvalue weighted by Crippen LogP contribution is -2.07. The van der Waals surface area contributed by atoms with Gasteiger partial charge in [-0.1, -0.05) is 54.7 Å². The molecule has 0 unspecified atom stereocenters. The largest absolute Gasteiger partial charge is 0.493 e. The van der Waals surface area contributed by atoms with Gasteiger partial charge >= 0.3 is 0 Å². The fourth-order valence-corrected chi connectivity index (χ4v) is 2.58. The van der Waals surface area contributed by atoms with Gasteiger partial charge in [0.25, 0.3) is 0 Å². The Morgan fingerprint density at radius 3 is 2.58 bits per heavy atom. The molecule has 1 N–H and O–H groups in total. The normalized spacial score (nSPS) is 10.8. The molecule has 0 bridgehead atoms. The molecule has 2 rings (SSSR count). The van der Waals surface area contributed by atoms with Gasteiger partial charge in [-0.3, -0.25) is 4.79 Å². The van der Waals surface area contributed by atoms with Gasteiger partial charge in [0, 0.05) is 27.4 Å². The lowest BCUT2D eigenvalue weighted by Gasteiger charge is -2.08. The molecule has 0 aromatic heterocycles. The van der Waals surface area contributed by atoms with Crippen LogP contribution in [-0.4, -0.2) is 12.5 Å². The highest BCUT2D eigenvalue weighted by Crippen LogP contribution is 2.23. The number of carbonyl (C=O) groups excluding carboxylic acids is 1. The van der Waals surface area contributed by atoms with Gasteiger partial charge in [-0.25, -0.2) is 0 Å². The van der Waals surface area contributed by atoms with Crippen molar-refractivity contribution in [2.24, 2.45) is 0 Å². The van der Waals surface area contributed by atoms with Crippen molar-refractivity contribution in [1.29, 1.82) is 0 Å². The molecule has 0 aliphatic heterocycles. The summed E-state index contributed by atoms with van der Waals surface area (Å²) in [7, 11) is 0. The molecular weight excluding hydrogens is 345 g/mol. The molecule has 0 saturated heterocycles. The molecule has 24 heavy (non-hydrogen) atoms. The van der Waals surface area contributed by atoms with Crippen LogP contribution >= 0.6 is 23.2 Å². The first kappa shape index (κ1) is 18.4. The van der Waals surface area contributed by atoms with E-state index in [-0.39, 0.29) is 5.91 Å². The van der Waals surface area contributed by atoms with E-state index in [1.54, 1.807) is 24.3 Å². The zero-order valence-corrected chi connectivity index (χ0v) is 14.9. The van der Waals surface area contributed by atoms with E-state index in [0.717, 1.165) is 24.2 Å². The number of amides is 1. The Kier molecular flexibility index (Phi) is 7.16. The minimum atomic E-state index is -0.267. The van der Waals surface area contributed by atoms with Crippen LogP contribution in [0.3, 0.4) is 0 Å². The van der Waals surface area contributed by atoms with Gasteiger partial charge in [0.1, 0.15) is 5.75 Å². The third kappa shape index (κ3) is 5.91. The Hall–Kier alpha value is -1.97. The van der Waals surface area contributed by atoms with Crippen LogP contribution in [0.2, 0.25) is 10.0 Å². The first-order valence-electron chi connectivity index (χ1n) is 7.75. The van der Waals surface area contributed by atoms with Crippen molar-refractivity contribution >= 4 is 40.9 Å². The van der Waals surface area contributed by atoms with Crippen molar-refractivity contribution in [2.45, 2.75) is 19.8 Å². The predicted molar refractivity (Wildman–Crippen MR) is 101 cm³/mol. The van der Waals surface area contributed by atoms with Gasteiger partial charge in [0.2, 0.25) is 5.91 Å². The number of anilines is 1. The number of hydrogen-bond donors (Lipinski definition) is 1. The van der Waals surface area contributed by atoms with E-state index in [2.05, 4.69) is 12.2 Å². The lowest BCUT2D eigenvalue weighted by atomic mass is 10.2. The zero-order valence-electron chi connectivity index (χ0n) is 13.4. The number of nitrogens with one attached hydrogen (secondary N) is 1. The van der Waals surface area contributed by atoms with Crippen LogP contribution in [0.4, 0.5) is 5.69 Å². The van der Waals surface area contributed by atoms with E-state index < -0.39 is 0 Å². The van der Waals surface area contributed by atoms with E-state index in [0.29, 0.717) is 22.3 Å². The van der Waals surface area contributed by atoms with Crippen molar-refractivity contribution in [3.05, 3.63) is 64.1 Å². The number of carbonyl (C=O) groups is 1. The molecule has 5 heteroatoms. The van der Waals surface area contributed by atoms with Gasteiger partial charge in [-0.2, -0.15) is 0 Å². The molecule has 126 valence electrons. The molecule has 2 aromatic rings. The van der Waals surface area contributed by atoms with E-state index in [1.807, 2.05) is 24.3 Å². The molecule has 0 spiro atoms. The van der Waals surface area contributed by atoms with Gasteiger partial charge in [0.05, 0.1) is 6.61 Å². The lowest BCUT2D eigenvalue weighted by molar-refractivity contribution is -0.111. The van der Waals surface area contributed by atoms with E-state index in [9.17, 15) is 4.79 Å². The first-order chi connectivity index (χ1) is 11.6. The van der Waals surface area contributed by atoms with Gasteiger partial charge in [0.15, 0.2) is 0 Å². The first-order valence-corrected chi connectivity index (χ1v) is 8.51. The second kappa shape index (κ2) is 9.36. The van der Waals surface area contributed by atoms with Crippen LogP contribution in [0.1, 0.15) is 25.3 Å². The monoisotopic (exact) mass is 363 g/mol. The summed E-state index contributed by atoms with van der Waals surface area (Å²) >= 11 is 11.8. The number of para-hydroxylation sites is 1. The Morgan fingerprint density at radius 1 is 1.17 bits per heavy atom. The fourth-order valence-electron chi connectivity index (χ4n) is 2.05. The molecule has 0 fully saturated rings. The zero-order chi connectivity index (χ0) is 17.4. The Labute approximate surface area is 152 Å². The number of rotatable bonds is 7. The summed E-state index contributed by atoms with van der Waals surface area (Å²) < 4.78 is 5.74. The number of unbranched alkanes of at least 4 members (excludes halogenated alkanes) is 1. The molecule has 0 aliphatic rings. The van der Waals surface area contributed by atoms with E-state index in [1.165, 1.54) is 6.08 Å². The highest BCUT2D eigenvalue weighted by atomic mass is 35.5. The van der Waals surface area contributed by atoms with Crippen molar-refractivity contribution in [2.75, 3.05) is 11.9 Å². The quantitative estimate of drug-likeness (QED) is 0.496. The van der Waals surface area contributed by atoms with E-state index in [4.69, 9.17) is 27.9 Å². The van der Waals surface area contributed by atoms with Gasteiger partial charge < -0.3 is 10.1 Å². The summed E-state index contributed by atoms with van der Waals surface area (Å²) in [6, 6.07) is 12.5. The molecule has 3 nitrogen and oxygen atoms in total. The molecule has 0 heterocycles. The maximum Gasteiger partial charge on any atom is 0.248 e. The maximum atomic E-state index is 12.1. The maximum absolute atomic E-state index is 12.1. The second-order valence-corrected chi connectivity index (χ2v) is 6.09. The minimum absolute atomic E-state index is 0.267. The molecule has 0 atom stereocenters. The highest BCUT2D eigenvalue weighted by molar-refractivity contribution is 6.35. The molecule has 2 aromatic carbocycles. The number of halogens is 2. The third-order valence-electron chi connectivity index (χ3n) is 3.22. The molecule has 1 amide bonds. The fraction of sp³-hybridized carbons (Fsp3) is 0.211. The van der Waals surface area contributed by atoms with Crippen LogP contribution in [0.25, 0.3) is 6.08 Å². The van der Waals surface area contributed by atoms with Crippen LogP contribution < -0.4 is 10.1 Å². The summed E-state index contributed by atoms with van der Waals surface area (Å²) in [4.78, 5) is 12.1. The summed E-state index contributed by atoms with van der Waals surface area (Å²) in [5.41, 5.74) is 1.41. The molecule has 0 aliphatic carbocycles. The van der Waals surface area contributed by atoms with Crippen LogP contribution in [0.5, 0.6) is 5.75 Å². The SMILES string of the molecule is CCCCOc1ccccc1/C=C/C(=O)Nc1cc(Cl)cc(Cl)c1. The van der Waals surface area contributed by atoms with Crippen molar-refractivity contribution in [1.82, 2.24) is 0 Å². The van der Waals surface area contributed by atoms with Crippen LogP contribution in [0.15, 0.2) is 48.5 Å². The topological polar surface area (TPSA) is 38.3 Å². The van der Waals surface area contributed by atoms with Gasteiger partial charge in [-0.05, 0) is 36.8 Å². The Bertz CT molecular complexity index is 709. The summed E-state index contributed by atoms with van der Waals surface area (Å²) in [5, 5.41) is 3.67. The molecule has 0 radical (unpaired) electrons. The average Bonchev–Trinajstić information content (AvgIpc) is 2.53. The highest BCUT2D eigenvalue weighted by Gasteiger charge is 2.03. The smallest absolute Gasteiger partial charge is 0.248 e. The molecular formula is C19H19Cl2NO2. The van der Waals surface area contributed by atoms with Crippen molar-refractivity contribution < 1.29 is 9.53 Å². The number of hydrogen-bond acceptors (Lipinski definition) is 2. The summed E-state index contributed by atoms with van der Waals surface area (Å²) in [5.74, 6) is 0.498. The van der Waals surface area contributed by atoms with Crippen LogP contribution in [0, 0.1) is 0 Å². The standard InChI is InChI=1S/C19H19Cl2NO2/c1-2-3-10-24-18-7-5-4-6-14(18)8-9-19(23)22-17-12-15(20)11-16(21)13-17/h4-9,11-13H,2-3,10H2,1H3,(H,22,23)/b9-8+. The number of ether oxygens (including phenoxy) is 1. The second-order valence-electron chi connectivity index (χ2n) is 5.22. The van der Waals surface area contributed by atoms with Gasteiger partial charge in [-0.15, -0.1) is 0 Å². The predicted octanol–water partition coefficient (Wildman–Crippen LogP) is 5.82. The summed E-state index contributed by atoms with van der Waals surface area (Å²) in [6.07, 6.45) is 5.25. The van der Waals surface area contributed by atoms with E-state index >= 15 is 0 Å². The summed E-state index contributed by atoms with van der Waals surface area (Å²) in [6.45, 7) is 2.77. The average molecular weight is 364 g/mol. The Morgan fingerprint density at radius 2 is 1.88 bits per heavy atom.